The molecule has 1 N–H and O–H groups in total. The van der Waals surface area contributed by atoms with Crippen molar-refractivity contribution in [2.24, 2.45) is 0 Å². The number of nitrogens with one attached hydrogen (secondary N) is 1. The Morgan fingerprint density at radius 1 is 1.09 bits per heavy atom. The maximum Gasteiger partial charge on any atom is 0.133 e. The normalized spacial score (nSPS) is 21.2. The summed E-state index contributed by atoms with van der Waals surface area (Å²) in [6, 6.07) is 15.7. The first-order valence-corrected chi connectivity index (χ1v) is 9.06. The van der Waals surface area contributed by atoms with E-state index in [1.807, 2.05) is 11.8 Å². The number of hydrogen-bond acceptors (Lipinski definition) is 4. The molecule has 2 aliphatic rings. The first-order chi connectivity index (χ1) is 11.4. The van der Waals surface area contributed by atoms with Gasteiger partial charge in [-0.25, -0.2) is 0 Å². The van der Waals surface area contributed by atoms with Gasteiger partial charge in [-0.15, -0.1) is 0 Å². The highest BCUT2D eigenvalue weighted by molar-refractivity contribution is 7.99. The smallest absolute Gasteiger partial charge is 0.133 e. The van der Waals surface area contributed by atoms with Gasteiger partial charge in [-0.2, -0.15) is 0 Å². The Morgan fingerprint density at radius 2 is 1.91 bits per heavy atom. The molecule has 0 radical (unpaired) electrons. The summed E-state index contributed by atoms with van der Waals surface area (Å²) in [6.07, 6.45) is 1.07. The SMILES string of the molecule is COc1cccc2c1Sc1ccccc1CC2N1CCNCC1. The summed E-state index contributed by atoms with van der Waals surface area (Å²) in [5.41, 5.74) is 2.85. The van der Waals surface area contributed by atoms with Crippen LogP contribution in [0.15, 0.2) is 52.3 Å². The summed E-state index contributed by atoms with van der Waals surface area (Å²) in [4.78, 5) is 5.26. The molecule has 120 valence electrons. The Hall–Kier alpha value is -1.49. The van der Waals surface area contributed by atoms with Gasteiger partial charge >= 0.3 is 0 Å². The molecule has 0 aromatic heterocycles. The van der Waals surface area contributed by atoms with Crippen LogP contribution in [0.3, 0.4) is 0 Å². The topological polar surface area (TPSA) is 24.5 Å². The third kappa shape index (κ3) is 2.87. The first kappa shape index (κ1) is 15.1. The van der Waals surface area contributed by atoms with Crippen LogP contribution >= 0.6 is 11.8 Å². The lowest BCUT2D eigenvalue weighted by atomic mass is 9.96. The van der Waals surface area contributed by atoms with Crippen LogP contribution in [0.25, 0.3) is 0 Å². The lowest BCUT2D eigenvalue weighted by Gasteiger charge is -2.35. The first-order valence-electron chi connectivity index (χ1n) is 8.24. The maximum absolute atomic E-state index is 5.67. The summed E-state index contributed by atoms with van der Waals surface area (Å²) in [6.45, 7) is 4.36. The van der Waals surface area contributed by atoms with Crippen LogP contribution in [0, 0.1) is 0 Å². The number of benzene rings is 2. The van der Waals surface area contributed by atoms with Crippen LogP contribution in [0.1, 0.15) is 17.2 Å². The van der Waals surface area contributed by atoms with E-state index in [4.69, 9.17) is 4.74 Å². The zero-order valence-electron chi connectivity index (χ0n) is 13.4. The Labute approximate surface area is 142 Å². The number of rotatable bonds is 2. The summed E-state index contributed by atoms with van der Waals surface area (Å²) >= 11 is 1.85. The van der Waals surface area contributed by atoms with E-state index in [1.165, 1.54) is 20.9 Å². The molecule has 2 aromatic rings. The lowest BCUT2D eigenvalue weighted by molar-refractivity contribution is 0.170. The van der Waals surface area contributed by atoms with E-state index in [0.29, 0.717) is 6.04 Å². The van der Waals surface area contributed by atoms with Crippen LogP contribution in [0.4, 0.5) is 0 Å². The molecule has 0 saturated carbocycles. The van der Waals surface area contributed by atoms with Crippen LogP contribution in [-0.4, -0.2) is 38.2 Å². The monoisotopic (exact) mass is 326 g/mol. The molecule has 2 aromatic carbocycles. The van der Waals surface area contributed by atoms with Gasteiger partial charge in [0.1, 0.15) is 5.75 Å². The third-order valence-electron chi connectivity index (χ3n) is 4.78. The van der Waals surface area contributed by atoms with Crippen molar-refractivity contribution in [2.75, 3.05) is 33.3 Å². The number of ether oxygens (including phenoxy) is 1. The summed E-state index contributed by atoms with van der Waals surface area (Å²) < 4.78 is 5.67. The average molecular weight is 326 g/mol. The van der Waals surface area contributed by atoms with E-state index in [9.17, 15) is 0 Å². The number of hydrogen-bond donors (Lipinski definition) is 1. The van der Waals surface area contributed by atoms with Crippen molar-refractivity contribution in [3.8, 4) is 5.75 Å². The van der Waals surface area contributed by atoms with E-state index >= 15 is 0 Å². The minimum Gasteiger partial charge on any atom is -0.496 e. The maximum atomic E-state index is 5.67. The predicted molar refractivity (Wildman–Crippen MR) is 94.4 cm³/mol. The van der Waals surface area contributed by atoms with Crippen molar-refractivity contribution in [1.29, 1.82) is 0 Å². The molecule has 1 saturated heterocycles. The minimum atomic E-state index is 0.429. The summed E-state index contributed by atoms with van der Waals surface area (Å²) in [5, 5.41) is 3.46. The molecule has 0 bridgehead atoms. The number of piperazine rings is 1. The molecule has 2 heterocycles. The van der Waals surface area contributed by atoms with Crippen LogP contribution in [0.2, 0.25) is 0 Å². The molecular formula is C19H22N2OS. The van der Waals surface area contributed by atoms with Crippen molar-refractivity contribution in [1.82, 2.24) is 10.2 Å². The van der Waals surface area contributed by atoms with E-state index in [1.54, 1.807) is 7.11 Å². The zero-order valence-corrected chi connectivity index (χ0v) is 14.2. The highest BCUT2D eigenvalue weighted by Gasteiger charge is 2.29. The molecule has 4 rings (SSSR count). The van der Waals surface area contributed by atoms with Crippen molar-refractivity contribution in [2.45, 2.75) is 22.3 Å². The molecule has 1 fully saturated rings. The standard InChI is InChI=1S/C19H22N2OS/c1-22-17-7-4-6-15-16(21-11-9-20-10-12-21)13-14-5-2-3-8-18(14)23-19(15)17/h2-8,16,20H,9-13H2,1H3. The molecule has 0 amide bonds. The van der Waals surface area contributed by atoms with E-state index in [-0.39, 0.29) is 0 Å². The van der Waals surface area contributed by atoms with Gasteiger partial charge in [0.25, 0.3) is 0 Å². The molecule has 4 heteroatoms. The highest BCUT2D eigenvalue weighted by Crippen LogP contribution is 2.46. The van der Waals surface area contributed by atoms with E-state index < -0.39 is 0 Å². The van der Waals surface area contributed by atoms with Crippen LogP contribution in [0.5, 0.6) is 5.75 Å². The second-order valence-electron chi connectivity index (χ2n) is 6.09. The second kappa shape index (κ2) is 6.56. The van der Waals surface area contributed by atoms with Crippen LogP contribution < -0.4 is 10.1 Å². The fraction of sp³-hybridized carbons (Fsp3) is 0.368. The van der Waals surface area contributed by atoms with Gasteiger partial charge in [-0.1, -0.05) is 42.1 Å². The molecule has 0 spiro atoms. The van der Waals surface area contributed by atoms with E-state index in [0.717, 1.165) is 38.3 Å². The Balaban J connectivity index is 1.82. The van der Waals surface area contributed by atoms with Crippen molar-refractivity contribution < 1.29 is 4.74 Å². The molecule has 1 atom stereocenters. The lowest BCUT2D eigenvalue weighted by Crippen LogP contribution is -2.45. The molecule has 2 aliphatic heterocycles. The van der Waals surface area contributed by atoms with Gasteiger partial charge in [-0.3, -0.25) is 4.90 Å². The largest absolute Gasteiger partial charge is 0.496 e. The van der Waals surface area contributed by atoms with Gasteiger partial charge in [0.2, 0.25) is 0 Å². The molecule has 23 heavy (non-hydrogen) atoms. The number of methoxy groups -OCH3 is 1. The number of fused-ring (bicyclic) bond motifs is 2. The Morgan fingerprint density at radius 3 is 2.74 bits per heavy atom. The van der Waals surface area contributed by atoms with Gasteiger partial charge in [-0.05, 0) is 29.7 Å². The molecule has 3 nitrogen and oxygen atoms in total. The van der Waals surface area contributed by atoms with Crippen LogP contribution in [-0.2, 0) is 6.42 Å². The van der Waals surface area contributed by atoms with E-state index in [2.05, 4.69) is 52.7 Å². The second-order valence-corrected chi connectivity index (χ2v) is 7.15. The fourth-order valence-electron chi connectivity index (χ4n) is 3.59. The molecule has 0 aliphatic carbocycles. The summed E-state index contributed by atoms with van der Waals surface area (Å²) in [5.74, 6) is 0.990. The van der Waals surface area contributed by atoms with Crippen molar-refractivity contribution in [3.05, 3.63) is 53.6 Å². The Bertz CT molecular complexity index is 698. The number of nitrogens with zero attached hydrogens (tertiary/aromatic N) is 1. The minimum absolute atomic E-state index is 0.429. The van der Waals surface area contributed by atoms with Gasteiger partial charge < -0.3 is 10.1 Å². The predicted octanol–water partition coefficient (Wildman–Crippen LogP) is 3.35. The highest BCUT2D eigenvalue weighted by atomic mass is 32.2. The van der Waals surface area contributed by atoms with Gasteiger partial charge in [0.15, 0.2) is 0 Å². The Kier molecular flexibility index (Phi) is 4.29. The van der Waals surface area contributed by atoms with Gasteiger partial charge in [0, 0.05) is 37.1 Å². The third-order valence-corrected chi connectivity index (χ3v) is 6.04. The molecular weight excluding hydrogens is 304 g/mol. The van der Waals surface area contributed by atoms with Crippen molar-refractivity contribution >= 4 is 11.8 Å². The quantitative estimate of drug-likeness (QED) is 0.915. The summed E-state index contributed by atoms with van der Waals surface area (Å²) in [7, 11) is 1.77. The van der Waals surface area contributed by atoms with Gasteiger partial charge in [0.05, 0.1) is 12.0 Å². The molecule has 1 unspecified atom stereocenters. The fourth-order valence-corrected chi connectivity index (χ4v) is 4.81. The average Bonchev–Trinajstić information content (AvgIpc) is 2.79. The zero-order chi connectivity index (χ0) is 15.6. The van der Waals surface area contributed by atoms with Crippen molar-refractivity contribution in [3.63, 3.8) is 0 Å².